The van der Waals surface area contributed by atoms with E-state index in [9.17, 15) is 31.5 Å². The summed E-state index contributed by atoms with van der Waals surface area (Å²) in [6, 6.07) is 7.35. The fourth-order valence-corrected chi connectivity index (χ4v) is 4.17. The van der Waals surface area contributed by atoms with Gasteiger partial charge in [0.05, 0.1) is 21.4 Å². The van der Waals surface area contributed by atoms with Gasteiger partial charge in [0.2, 0.25) is 0 Å². The molecule has 0 spiro atoms. The second-order valence-corrected chi connectivity index (χ2v) is 9.43. The first-order chi connectivity index (χ1) is 18.7. The molecule has 1 aromatic carbocycles. The van der Waals surface area contributed by atoms with Crippen molar-refractivity contribution >= 4 is 45.0 Å². The summed E-state index contributed by atoms with van der Waals surface area (Å²) in [5.41, 5.74) is 0.555. The van der Waals surface area contributed by atoms with Crippen molar-refractivity contribution < 1.29 is 31.5 Å². The summed E-state index contributed by atoms with van der Waals surface area (Å²) in [5.74, 6) is -8.30. The van der Waals surface area contributed by atoms with Crippen LogP contribution in [-0.4, -0.2) is 60.0 Å². The summed E-state index contributed by atoms with van der Waals surface area (Å²) in [6.45, 7) is 1.10. The summed E-state index contributed by atoms with van der Waals surface area (Å²) in [7, 11) is 1.40. The highest BCUT2D eigenvalue weighted by molar-refractivity contribution is 9.10. The fourth-order valence-electron chi connectivity index (χ4n) is 3.47. The maximum Gasteiger partial charge on any atom is 0.461 e. The Morgan fingerprint density at radius 1 is 1.10 bits per heavy atom. The molecule has 0 aliphatic rings. The minimum Gasteiger partial charge on any atom is -0.355 e. The van der Waals surface area contributed by atoms with Gasteiger partial charge >= 0.3 is 12.1 Å². The number of tetrazole rings is 1. The standard InChI is InChI=1S/C22H16BrClF5N9O2/c1-10-6-11(24)7-13(18(39)30-2)16(10)32-19(40)15-8-12(34-38(15)17-14(23)4-3-5-31-17)9-37-35-20(33-36-37)21(25,26)22(27,28)29/h3-8H,9H2,1-2H3,(H,30,39)(H,32,40). The minimum absolute atomic E-state index is 0.0127. The molecule has 3 heterocycles. The lowest BCUT2D eigenvalue weighted by atomic mass is 10.1. The molecular weight excluding hydrogens is 633 g/mol. The molecule has 0 bridgehead atoms. The number of nitrogens with one attached hydrogen (secondary N) is 2. The first kappa shape index (κ1) is 29.0. The van der Waals surface area contributed by atoms with Crippen molar-refractivity contribution in [3.05, 3.63) is 74.4 Å². The highest BCUT2D eigenvalue weighted by Gasteiger charge is 2.62. The van der Waals surface area contributed by atoms with Crippen LogP contribution in [-0.2, 0) is 12.5 Å². The van der Waals surface area contributed by atoms with E-state index in [4.69, 9.17) is 11.6 Å². The van der Waals surface area contributed by atoms with Crippen LogP contribution in [0.3, 0.4) is 0 Å². The van der Waals surface area contributed by atoms with Gasteiger partial charge in [-0.05, 0) is 64.0 Å². The van der Waals surface area contributed by atoms with E-state index in [-0.39, 0.29) is 33.5 Å². The number of hydrogen-bond donors (Lipinski definition) is 2. The molecule has 0 fully saturated rings. The summed E-state index contributed by atoms with van der Waals surface area (Å²) in [4.78, 5) is 30.6. The summed E-state index contributed by atoms with van der Waals surface area (Å²) < 4.78 is 66.8. The van der Waals surface area contributed by atoms with E-state index in [1.54, 1.807) is 19.1 Å². The van der Waals surface area contributed by atoms with Gasteiger partial charge in [-0.25, -0.2) is 9.67 Å². The molecule has 0 saturated heterocycles. The lowest BCUT2D eigenvalue weighted by molar-refractivity contribution is -0.292. The van der Waals surface area contributed by atoms with Crippen LogP contribution in [0, 0.1) is 6.92 Å². The van der Waals surface area contributed by atoms with E-state index < -0.39 is 36.3 Å². The summed E-state index contributed by atoms with van der Waals surface area (Å²) in [5, 5.41) is 18.8. The minimum atomic E-state index is -5.92. The van der Waals surface area contributed by atoms with Crippen LogP contribution in [0.5, 0.6) is 0 Å². The lowest BCUT2D eigenvalue weighted by Crippen LogP contribution is -2.35. The molecule has 0 atom stereocenters. The Morgan fingerprint density at radius 2 is 1.82 bits per heavy atom. The Balaban J connectivity index is 1.74. The molecule has 2 N–H and O–H groups in total. The first-order valence-corrected chi connectivity index (χ1v) is 12.2. The molecule has 4 aromatic rings. The zero-order chi connectivity index (χ0) is 29.4. The average Bonchev–Trinajstić information content (AvgIpc) is 3.52. The van der Waals surface area contributed by atoms with Crippen LogP contribution < -0.4 is 10.6 Å². The van der Waals surface area contributed by atoms with Crippen molar-refractivity contribution in [3.63, 3.8) is 0 Å². The number of rotatable bonds is 7. The Morgan fingerprint density at radius 3 is 2.48 bits per heavy atom. The van der Waals surface area contributed by atoms with Crippen molar-refractivity contribution in [3.8, 4) is 5.82 Å². The summed E-state index contributed by atoms with van der Waals surface area (Å²) in [6.07, 6.45) is -4.51. The molecule has 18 heteroatoms. The topological polar surface area (TPSA) is 133 Å². The highest BCUT2D eigenvalue weighted by Crippen LogP contribution is 2.41. The van der Waals surface area contributed by atoms with Crippen LogP contribution in [0.25, 0.3) is 5.82 Å². The molecule has 0 radical (unpaired) electrons. The Bertz CT molecular complexity index is 1610. The molecule has 0 unspecified atom stereocenters. The highest BCUT2D eigenvalue weighted by atomic mass is 79.9. The fraction of sp³-hybridized carbons (Fsp3) is 0.227. The number of aromatic nitrogens is 7. The number of pyridine rings is 1. The van der Waals surface area contributed by atoms with Crippen molar-refractivity contribution in [1.82, 2.24) is 40.3 Å². The number of aryl methyl sites for hydroxylation is 1. The second kappa shape index (κ2) is 10.9. The molecule has 2 amide bonds. The number of hydrogen-bond acceptors (Lipinski definition) is 7. The number of amides is 2. The maximum atomic E-state index is 13.6. The van der Waals surface area contributed by atoms with E-state index in [0.29, 0.717) is 14.8 Å². The van der Waals surface area contributed by atoms with Crippen molar-refractivity contribution in [2.75, 3.05) is 12.4 Å². The quantitative estimate of drug-likeness (QED) is 0.286. The van der Waals surface area contributed by atoms with Crippen LogP contribution in [0.1, 0.15) is 37.9 Å². The van der Waals surface area contributed by atoms with Gasteiger partial charge in [-0.3, -0.25) is 9.59 Å². The van der Waals surface area contributed by atoms with Crippen LogP contribution in [0.15, 0.2) is 41.0 Å². The summed E-state index contributed by atoms with van der Waals surface area (Å²) >= 11 is 9.40. The lowest BCUT2D eigenvalue weighted by Gasteiger charge is -2.14. The van der Waals surface area contributed by atoms with Gasteiger partial charge in [-0.2, -0.15) is 31.8 Å². The molecule has 3 aromatic heterocycles. The number of nitrogens with zero attached hydrogens (tertiary/aromatic N) is 7. The van der Waals surface area contributed by atoms with E-state index in [1.165, 1.54) is 31.4 Å². The number of halogens is 7. The third kappa shape index (κ3) is 5.65. The number of carbonyl (C=O) groups is 2. The predicted octanol–water partition coefficient (Wildman–Crippen LogP) is 4.29. The van der Waals surface area contributed by atoms with Crippen molar-refractivity contribution in [2.24, 2.45) is 0 Å². The SMILES string of the molecule is CNC(=O)c1cc(Cl)cc(C)c1NC(=O)c1cc(Cn2nnc(C(F)(F)C(F)(F)F)n2)nn1-c1ncccc1Br. The first-order valence-electron chi connectivity index (χ1n) is 11.0. The van der Waals surface area contributed by atoms with Crippen molar-refractivity contribution in [2.45, 2.75) is 25.6 Å². The molecule has 4 rings (SSSR count). The van der Waals surface area contributed by atoms with E-state index in [1.807, 2.05) is 0 Å². The monoisotopic (exact) mass is 647 g/mol. The van der Waals surface area contributed by atoms with Gasteiger partial charge in [0.25, 0.3) is 17.6 Å². The largest absolute Gasteiger partial charge is 0.461 e. The van der Waals surface area contributed by atoms with Crippen LogP contribution in [0.2, 0.25) is 5.02 Å². The Kier molecular flexibility index (Phi) is 7.89. The predicted molar refractivity (Wildman–Crippen MR) is 133 cm³/mol. The zero-order valence-corrected chi connectivity index (χ0v) is 22.6. The van der Waals surface area contributed by atoms with Crippen LogP contribution >= 0.6 is 27.5 Å². The molecular formula is C22H16BrClF5N9O2. The van der Waals surface area contributed by atoms with E-state index >= 15 is 0 Å². The van der Waals surface area contributed by atoms with Gasteiger partial charge < -0.3 is 10.6 Å². The molecule has 40 heavy (non-hydrogen) atoms. The number of anilines is 1. The maximum absolute atomic E-state index is 13.6. The van der Waals surface area contributed by atoms with Crippen molar-refractivity contribution in [1.29, 1.82) is 0 Å². The average molecular weight is 649 g/mol. The molecule has 0 saturated carbocycles. The number of benzene rings is 1. The molecule has 0 aliphatic carbocycles. The van der Waals surface area contributed by atoms with Gasteiger partial charge in [0.15, 0.2) is 5.82 Å². The van der Waals surface area contributed by atoms with Gasteiger partial charge in [0, 0.05) is 18.3 Å². The molecule has 11 nitrogen and oxygen atoms in total. The molecule has 0 aliphatic heterocycles. The van der Waals surface area contributed by atoms with Gasteiger partial charge in [-0.15, -0.1) is 10.2 Å². The van der Waals surface area contributed by atoms with Gasteiger partial charge in [0.1, 0.15) is 12.2 Å². The second-order valence-electron chi connectivity index (χ2n) is 8.14. The Hall–Kier alpha value is -3.99. The third-order valence-corrected chi connectivity index (χ3v) is 6.17. The normalized spacial score (nSPS) is 11.9. The van der Waals surface area contributed by atoms with Crippen LogP contribution in [0.4, 0.5) is 27.6 Å². The molecule has 210 valence electrons. The zero-order valence-electron chi connectivity index (χ0n) is 20.3. The van der Waals surface area contributed by atoms with Gasteiger partial charge in [-0.1, -0.05) is 11.6 Å². The third-order valence-electron chi connectivity index (χ3n) is 5.34. The number of alkyl halides is 5. The van der Waals surface area contributed by atoms with E-state index in [0.717, 1.165) is 4.68 Å². The van der Waals surface area contributed by atoms with E-state index in [2.05, 4.69) is 52.1 Å². The smallest absolute Gasteiger partial charge is 0.355 e. The number of carbonyl (C=O) groups excluding carboxylic acids is 2. The Labute approximate surface area is 234 Å².